The van der Waals surface area contributed by atoms with Crippen LogP contribution in [0, 0.1) is 5.92 Å². The number of ether oxygens (including phenoxy) is 2. The fourth-order valence-corrected chi connectivity index (χ4v) is 5.39. The summed E-state index contributed by atoms with van der Waals surface area (Å²) < 4.78 is 11.3. The van der Waals surface area contributed by atoms with E-state index in [4.69, 9.17) is 9.47 Å². The molecule has 0 spiro atoms. The first-order chi connectivity index (χ1) is 22.7. The Hall–Kier alpha value is -4.70. The molecule has 0 atom stereocenters. The van der Waals surface area contributed by atoms with Gasteiger partial charge >= 0.3 is 11.9 Å². The van der Waals surface area contributed by atoms with Gasteiger partial charge < -0.3 is 29.7 Å². The first kappa shape index (κ1) is 35.2. The Morgan fingerprint density at radius 1 is 0.830 bits per heavy atom. The Balaban J connectivity index is 1.29. The van der Waals surface area contributed by atoms with Crippen molar-refractivity contribution in [3.05, 3.63) is 89.5 Å². The van der Waals surface area contributed by atoms with Crippen molar-refractivity contribution in [2.45, 2.75) is 58.4 Å². The summed E-state index contributed by atoms with van der Waals surface area (Å²) >= 11 is 0. The molecule has 1 aliphatic heterocycles. The van der Waals surface area contributed by atoms with Crippen LogP contribution in [0.5, 0.6) is 11.5 Å². The molecule has 2 amide bonds. The van der Waals surface area contributed by atoms with Crippen molar-refractivity contribution in [1.29, 1.82) is 0 Å². The fraction of sp³-hybridized carbons (Fsp3) is 0.405. The van der Waals surface area contributed by atoms with Crippen LogP contribution >= 0.6 is 0 Å². The molecule has 1 aliphatic rings. The van der Waals surface area contributed by atoms with E-state index >= 15 is 0 Å². The average molecular weight is 644 g/mol. The van der Waals surface area contributed by atoms with Gasteiger partial charge in [0.1, 0.15) is 18.0 Å². The molecule has 0 bridgehead atoms. The monoisotopic (exact) mass is 643 g/mol. The first-order valence-electron chi connectivity index (χ1n) is 16.4. The number of esters is 1. The van der Waals surface area contributed by atoms with Crippen LogP contribution in [-0.2, 0) is 16.1 Å². The Bertz CT molecular complexity index is 1470. The van der Waals surface area contributed by atoms with Crippen LogP contribution in [0.3, 0.4) is 0 Å². The molecule has 0 aliphatic carbocycles. The second kappa shape index (κ2) is 17.9. The number of anilines is 1. The molecule has 3 aromatic carbocycles. The molecular weight excluding hydrogens is 598 g/mol. The quantitative estimate of drug-likeness (QED) is 0.106. The third kappa shape index (κ3) is 11.2. The van der Waals surface area contributed by atoms with Crippen molar-refractivity contribution in [2.75, 3.05) is 38.6 Å². The molecule has 10 heteroatoms. The Kier molecular flexibility index (Phi) is 13.4. The van der Waals surface area contributed by atoms with Crippen molar-refractivity contribution in [3.8, 4) is 11.5 Å². The number of nitrogens with one attached hydrogen (secondary N) is 1. The zero-order chi connectivity index (χ0) is 33.6. The smallest absolute Gasteiger partial charge is 0.343 e. The lowest BCUT2D eigenvalue weighted by atomic mass is 9.96. The van der Waals surface area contributed by atoms with Gasteiger partial charge in [-0.3, -0.25) is 14.4 Å². The van der Waals surface area contributed by atoms with Crippen LogP contribution in [0.2, 0.25) is 0 Å². The summed E-state index contributed by atoms with van der Waals surface area (Å²) in [5.41, 5.74) is 1.93. The van der Waals surface area contributed by atoms with Crippen LogP contribution in [0.1, 0.15) is 78.1 Å². The summed E-state index contributed by atoms with van der Waals surface area (Å²) in [7, 11) is 2.04. The van der Waals surface area contributed by atoms with Gasteiger partial charge in [-0.25, -0.2) is 4.79 Å². The maximum Gasteiger partial charge on any atom is 0.343 e. The molecule has 3 aromatic rings. The number of hydrogen-bond acceptors (Lipinski definition) is 7. The number of carboxylic acid groups (broad SMARTS) is 1. The third-order valence-corrected chi connectivity index (χ3v) is 8.22. The number of carbonyl (C=O) groups excluding carboxylic acids is 3. The summed E-state index contributed by atoms with van der Waals surface area (Å²) in [6, 6.07) is 19.9. The minimum atomic E-state index is -1.14. The predicted molar refractivity (Wildman–Crippen MR) is 180 cm³/mol. The SMILES string of the molecule is CCCCCCCOc1ccc(C(=O)Oc2ccc(CN(CC(=O)O)C(=O)c3ccc(NC(=O)C4CCN(C)CC4)cc3)cc2)cc1. The van der Waals surface area contributed by atoms with E-state index in [9.17, 15) is 24.3 Å². The Morgan fingerprint density at radius 3 is 2.09 bits per heavy atom. The highest BCUT2D eigenvalue weighted by atomic mass is 16.5. The molecule has 1 saturated heterocycles. The molecule has 0 saturated carbocycles. The molecule has 1 heterocycles. The van der Waals surface area contributed by atoms with Crippen molar-refractivity contribution in [1.82, 2.24) is 9.80 Å². The third-order valence-electron chi connectivity index (χ3n) is 8.22. The van der Waals surface area contributed by atoms with Crippen molar-refractivity contribution >= 4 is 29.4 Å². The van der Waals surface area contributed by atoms with E-state index in [0.29, 0.717) is 40.5 Å². The van der Waals surface area contributed by atoms with Crippen LogP contribution in [0.25, 0.3) is 0 Å². The summed E-state index contributed by atoms with van der Waals surface area (Å²) in [5, 5.41) is 12.4. The van der Waals surface area contributed by atoms with Crippen LogP contribution in [0.4, 0.5) is 5.69 Å². The van der Waals surface area contributed by atoms with E-state index in [1.807, 2.05) is 7.05 Å². The number of carbonyl (C=O) groups is 4. The van der Waals surface area contributed by atoms with E-state index in [1.165, 1.54) is 24.2 Å². The van der Waals surface area contributed by atoms with Gasteiger partial charge in [-0.1, -0.05) is 44.7 Å². The summed E-state index contributed by atoms with van der Waals surface area (Å²) in [6.07, 6.45) is 7.38. The zero-order valence-electron chi connectivity index (χ0n) is 27.3. The highest BCUT2D eigenvalue weighted by Gasteiger charge is 2.24. The van der Waals surface area contributed by atoms with Crippen LogP contribution < -0.4 is 14.8 Å². The molecule has 1 fully saturated rings. The molecule has 0 aromatic heterocycles. The number of likely N-dealkylation sites (tertiary alicyclic amines) is 1. The second-order valence-corrected chi connectivity index (χ2v) is 12.0. The summed E-state index contributed by atoms with van der Waals surface area (Å²) in [6.45, 7) is 4.12. The van der Waals surface area contributed by atoms with Gasteiger partial charge in [0.2, 0.25) is 5.91 Å². The van der Waals surface area contributed by atoms with E-state index in [0.717, 1.165) is 38.8 Å². The number of amides is 2. The molecule has 2 N–H and O–H groups in total. The highest BCUT2D eigenvalue weighted by Crippen LogP contribution is 2.21. The van der Waals surface area contributed by atoms with Gasteiger partial charge in [0.05, 0.1) is 12.2 Å². The lowest BCUT2D eigenvalue weighted by Gasteiger charge is -2.28. The van der Waals surface area contributed by atoms with E-state index < -0.39 is 24.4 Å². The minimum Gasteiger partial charge on any atom is -0.494 e. The van der Waals surface area contributed by atoms with Gasteiger partial charge in [-0.2, -0.15) is 0 Å². The number of piperidine rings is 1. The van der Waals surface area contributed by atoms with Gasteiger partial charge in [0, 0.05) is 23.7 Å². The van der Waals surface area contributed by atoms with Gasteiger partial charge in [0.15, 0.2) is 0 Å². The van der Waals surface area contributed by atoms with Crippen molar-refractivity contribution in [3.63, 3.8) is 0 Å². The molecule has 0 radical (unpaired) electrons. The number of rotatable bonds is 16. The predicted octanol–water partition coefficient (Wildman–Crippen LogP) is 6.26. The summed E-state index contributed by atoms with van der Waals surface area (Å²) in [4.78, 5) is 53.7. The average Bonchev–Trinajstić information content (AvgIpc) is 3.07. The number of carboxylic acids is 1. The van der Waals surface area contributed by atoms with Crippen LogP contribution in [-0.4, -0.2) is 71.9 Å². The number of benzene rings is 3. The van der Waals surface area contributed by atoms with Gasteiger partial charge in [-0.15, -0.1) is 0 Å². The molecule has 4 rings (SSSR count). The molecule has 10 nitrogen and oxygen atoms in total. The number of aliphatic carboxylic acids is 1. The number of hydrogen-bond donors (Lipinski definition) is 2. The highest BCUT2D eigenvalue weighted by molar-refractivity contribution is 5.97. The largest absolute Gasteiger partial charge is 0.494 e. The fourth-order valence-electron chi connectivity index (χ4n) is 5.39. The number of nitrogens with zero attached hydrogens (tertiary/aromatic N) is 2. The van der Waals surface area contributed by atoms with E-state index in [-0.39, 0.29) is 18.4 Å². The van der Waals surface area contributed by atoms with Crippen molar-refractivity contribution < 1.29 is 33.8 Å². The maximum absolute atomic E-state index is 13.3. The Labute approximate surface area is 276 Å². The molecule has 47 heavy (non-hydrogen) atoms. The lowest BCUT2D eigenvalue weighted by Crippen LogP contribution is -2.36. The van der Waals surface area contributed by atoms with Gasteiger partial charge in [0.25, 0.3) is 5.91 Å². The molecular formula is C37H45N3O7. The zero-order valence-corrected chi connectivity index (χ0v) is 27.3. The molecule has 0 unspecified atom stereocenters. The van der Waals surface area contributed by atoms with Crippen molar-refractivity contribution in [2.24, 2.45) is 5.92 Å². The lowest BCUT2D eigenvalue weighted by molar-refractivity contribution is -0.137. The topological polar surface area (TPSA) is 125 Å². The minimum absolute atomic E-state index is 0.0358. The standard InChI is InChI=1S/C37H45N3O7/c1-3-4-5-6-7-24-46-32-18-12-30(13-19-32)37(45)47-33-16-8-27(9-17-33)25-40(26-34(41)42)36(44)29-10-14-31(15-11-29)38-35(43)28-20-22-39(2)23-21-28/h8-19,28H,3-7,20-26H2,1-2H3,(H,38,43)(H,41,42). The van der Waals surface area contributed by atoms with Crippen LogP contribution in [0.15, 0.2) is 72.8 Å². The second-order valence-electron chi connectivity index (χ2n) is 12.0. The normalized spacial score (nSPS) is 13.5. The van der Waals surface area contributed by atoms with E-state index in [1.54, 1.807) is 72.8 Å². The summed E-state index contributed by atoms with van der Waals surface area (Å²) in [5.74, 6) is -1.18. The Morgan fingerprint density at radius 2 is 1.45 bits per heavy atom. The number of unbranched alkanes of at least 4 members (excludes halogenated alkanes) is 4. The molecule has 250 valence electrons. The van der Waals surface area contributed by atoms with E-state index in [2.05, 4.69) is 17.1 Å². The first-order valence-corrected chi connectivity index (χ1v) is 16.4. The van der Waals surface area contributed by atoms with Gasteiger partial charge in [-0.05, 0) is 106 Å². The maximum atomic E-state index is 13.3.